The Morgan fingerprint density at radius 1 is 1.00 bits per heavy atom. The number of carboxylic acid groups (broad SMARTS) is 1. The van der Waals surface area contributed by atoms with Gasteiger partial charge in [-0.15, -0.1) is 0 Å². The van der Waals surface area contributed by atoms with Gasteiger partial charge in [-0.25, -0.2) is 0 Å². The van der Waals surface area contributed by atoms with Crippen molar-refractivity contribution in [3.8, 4) is 0 Å². The zero-order valence-electron chi connectivity index (χ0n) is 28.3. The van der Waals surface area contributed by atoms with Crippen LogP contribution >= 0.6 is 0 Å². The van der Waals surface area contributed by atoms with Gasteiger partial charge in [-0.2, -0.15) is 0 Å². The Morgan fingerprint density at radius 2 is 1.69 bits per heavy atom. The first kappa shape index (κ1) is 35.0. The highest BCUT2D eigenvalue weighted by atomic mass is 16.7. The molecule has 9 heteroatoms. The number of carbonyl (C=O) groups is 1. The van der Waals surface area contributed by atoms with Crippen LogP contribution in [0.5, 0.6) is 0 Å². The molecule has 6 N–H and O–H groups in total. The highest BCUT2D eigenvalue weighted by Crippen LogP contribution is 2.73. The van der Waals surface area contributed by atoms with Crippen molar-refractivity contribution in [3.05, 3.63) is 22.8 Å². The van der Waals surface area contributed by atoms with E-state index in [1.54, 1.807) is 0 Å². The van der Waals surface area contributed by atoms with Gasteiger partial charge in [0.2, 0.25) is 0 Å². The Kier molecular flexibility index (Phi) is 9.55. The minimum absolute atomic E-state index is 0.0114. The van der Waals surface area contributed by atoms with Gasteiger partial charge in [-0.1, -0.05) is 51.8 Å². The zero-order chi connectivity index (χ0) is 33.3. The van der Waals surface area contributed by atoms with Crippen molar-refractivity contribution in [1.82, 2.24) is 0 Å². The van der Waals surface area contributed by atoms with E-state index in [9.17, 15) is 35.4 Å². The first-order valence-electron chi connectivity index (χ1n) is 17.2. The summed E-state index contributed by atoms with van der Waals surface area (Å²) >= 11 is 0. The molecule has 1 heterocycles. The number of aliphatic carboxylic acids is 1. The first-order chi connectivity index (χ1) is 20.9. The van der Waals surface area contributed by atoms with Gasteiger partial charge in [-0.3, -0.25) is 4.79 Å². The van der Waals surface area contributed by atoms with Crippen molar-refractivity contribution in [2.75, 3.05) is 6.61 Å². The average Bonchev–Trinajstić information content (AvgIpc) is 3.24. The lowest BCUT2D eigenvalue weighted by atomic mass is 9.42. The van der Waals surface area contributed by atoms with Crippen molar-refractivity contribution in [2.24, 2.45) is 39.4 Å². The molecule has 0 aromatic rings. The maximum absolute atomic E-state index is 12.8. The summed E-state index contributed by atoms with van der Waals surface area (Å²) in [5.74, 6) is -1.14. The smallest absolute Gasteiger partial charge is 0.306 e. The Bertz CT molecular complexity index is 1190. The second-order valence-electron chi connectivity index (χ2n) is 16.5. The number of allylic oxidation sites excluding steroid dienone is 3. The topological polar surface area (TPSA) is 157 Å². The van der Waals surface area contributed by atoms with Crippen LogP contribution in [0.25, 0.3) is 0 Å². The number of hydrogen-bond acceptors (Lipinski definition) is 8. The number of rotatable bonds is 8. The van der Waals surface area contributed by atoms with E-state index in [1.807, 2.05) is 13.8 Å². The van der Waals surface area contributed by atoms with Crippen LogP contribution in [0.15, 0.2) is 22.8 Å². The third-order valence-corrected chi connectivity index (χ3v) is 13.8. The number of aliphatic hydroxyl groups is 5. The molecule has 1 saturated heterocycles. The van der Waals surface area contributed by atoms with Gasteiger partial charge in [0, 0.05) is 0 Å². The monoisotopic (exact) mass is 634 g/mol. The lowest BCUT2D eigenvalue weighted by molar-refractivity contribution is -0.313. The van der Waals surface area contributed by atoms with Gasteiger partial charge in [0.25, 0.3) is 0 Å². The zero-order valence-corrected chi connectivity index (χ0v) is 28.3. The third-order valence-electron chi connectivity index (χ3n) is 13.8. The van der Waals surface area contributed by atoms with Crippen LogP contribution in [0.3, 0.4) is 0 Å². The van der Waals surface area contributed by atoms with E-state index in [4.69, 9.17) is 9.47 Å². The number of aliphatic hydroxyl groups excluding tert-OH is 5. The molecule has 0 radical (unpaired) electrons. The van der Waals surface area contributed by atoms with Crippen molar-refractivity contribution < 1.29 is 44.9 Å². The molecule has 9 nitrogen and oxygen atoms in total. The van der Waals surface area contributed by atoms with Gasteiger partial charge in [0.1, 0.15) is 24.4 Å². The molecule has 3 fully saturated rings. The van der Waals surface area contributed by atoms with Gasteiger partial charge < -0.3 is 40.1 Å². The summed E-state index contributed by atoms with van der Waals surface area (Å²) in [6, 6.07) is 0. The quantitative estimate of drug-likeness (QED) is 0.214. The third kappa shape index (κ3) is 5.46. The largest absolute Gasteiger partial charge is 0.481 e. The minimum Gasteiger partial charge on any atom is -0.481 e. The fourth-order valence-corrected chi connectivity index (χ4v) is 10.8. The van der Waals surface area contributed by atoms with Crippen LogP contribution in [0.1, 0.15) is 106 Å². The molecule has 0 spiro atoms. The fourth-order valence-electron chi connectivity index (χ4n) is 10.8. The van der Waals surface area contributed by atoms with Crippen molar-refractivity contribution in [3.63, 3.8) is 0 Å². The molecular weight excluding hydrogens is 576 g/mol. The molecular formula is C36H58O9. The average molecular weight is 635 g/mol. The van der Waals surface area contributed by atoms with E-state index >= 15 is 0 Å². The molecule has 45 heavy (non-hydrogen) atoms. The number of ether oxygens (including phenoxy) is 2. The lowest BCUT2D eigenvalue weighted by Gasteiger charge is -2.63. The summed E-state index contributed by atoms with van der Waals surface area (Å²) < 4.78 is 12.6. The van der Waals surface area contributed by atoms with Gasteiger partial charge in [0.05, 0.1) is 24.7 Å². The van der Waals surface area contributed by atoms with E-state index in [0.717, 1.165) is 38.5 Å². The molecule has 1 aliphatic heterocycles. The van der Waals surface area contributed by atoms with Gasteiger partial charge in [0.15, 0.2) is 6.29 Å². The minimum atomic E-state index is -1.55. The highest BCUT2D eigenvalue weighted by Gasteiger charge is 2.66. The predicted octanol–water partition coefficient (Wildman–Crippen LogP) is 4.34. The fraction of sp³-hybridized carbons (Fsp3) is 0.861. The molecule has 13 atom stereocenters. The normalized spacial score (nSPS) is 46.5. The van der Waals surface area contributed by atoms with E-state index in [2.05, 4.69) is 40.7 Å². The Labute approximate surface area is 268 Å². The second kappa shape index (κ2) is 12.3. The van der Waals surface area contributed by atoms with Gasteiger partial charge >= 0.3 is 5.97 Å². The predicted molar refractivity (Wildman–Crippen MR) is 169 cm³/mol. The molecule has 256 valence electrons. The Hall–Kier alpha value is -1.33. The van der Waals surface area contributed by atoms with Crippen molar-refractivity contribution in [2.45, 2.75) is 149 Å². The Morgan fingerprint density at radius 3 is 2.31 bits per heavy atom. The van der Waals surface area contributed by atoms with E-state index in [1.165, 1.54) is 16.7 Å². The molecule has 2 saturated carbocycles. The summed E-state index contributed by atoms with van der Waals surface area (Å²) in [5.41, 5.74) is 2.45. The highest BCUT2D eigenvalue weighted by molar-refractivity contribution is 5.70. The number of hydrogen-bond donors (Lipinski definition) is 6. The molecule has 0 amide bonds. The first-order valence-corrected chi connectivity index (χ1v) is 17.2. The summed E-state index contributed by atoms with van der Waals surface area (Å²) in [5, 5.41) is 63.6. The number of fused-ring (bicyclic) bond motifs is 4. The van der Waals surface area contributed by atoms with Crippen LogP contribution in [-0.4, -0.2) is 86.1 Å². The van der Waals surface area contributed by atoms with Crippen LogP contribution in [0.2, 0.25) is 0 Å². The summed E-state index contributed by atoms with van der Waals surface area (Å²) in [6.07, 6.45) is 1.01. The maximum atomic E-state index is 12.8. The molecule has 5 rings (SSSR count). The molecule has 0 aromatic heterocycles. The van der Waals surface area contributed by atoms with Crippen LogP contribution in [0, 0.1) is 39.4 Å². The summed E-state index contributed by atoms with van der Waals surface area (Å²) in [7, 11) is 0. The van der Waals surface area contributed by atoms with Crippen LogP contribution < -0.4 is 0 Å². The molecule has 4 aliphatic carbocycles. The lowest BCUT2D eigenvalue weighted by Crippen LogP contribution is -2.62. The summed E-state index contributed by atoms with van der Waals surface area (Å²) in [6.45, 7) is 14.7. The summed E-state index contributed by atoms with van der Waals surface area (Å²) in [4.78, 5) is 12.8. The molecule has 0 unspecified atom stereocenters. The maximum Gasteiger partial charge on any atom is 0.306 e. The van der Waals surface area contributed by atoms with E-state index in [-0.39, 0.29) is 28.1 Å². The van der Waals surface area contributed by atoms with E-state index < -0.39 is 66.8 Å². The van der Waals surface area contributed by atoms with Crippen molar-refractivity contribution >= 4 is 5.97 Å². The second-order valence-corrected chi connectivity index (χ2v) is 16.5. The number of carboxylic acids is 1. The molecule has 0 aromatic carbocycles. The van der Waals surface area contributed by atoms with Crippen molar-refractivity contribution in [1.29, 1.82) is 0 Å². The SMILES string of the molecule is CC(C)=CCC[C@@H](C(=O)O)[C@H]1CC[C@@]2(C)C3=C(CC[C@]12C)[C@@]1(C)CC[C@H](O)C(C)(C)[C@H]1C[C@@H]3O[C@@H]1O[C@H](CO)[C@@H](O)[C@H](O)[C@H]1O. The molecule has 5 aliphatic rings. The Balaban J connectivity index is 1.59. The van der Waals surface area contributed by atoms with Gasteiger partial charge in [-0.05, 0) is 111 Å². The molecule has 0 bridgehead atoms. The van der Waals surface area contributed by atoms with Crippen LogP contribution in [0.4, 0.5) is 0 Å². The van der Waals surface area contributed by atoms with E-state index in [0.29, 0.717) is 19.3 Å². The standard InChI is InChI=1S/C36H58O9/c1-19(2)9-8-10-20(31(42)43)21-11-16-36(7)27-22(12-15-35(21,36)6)34(5)14-13-26(38)33(3,4)25(34)17-23(27)44-32-30(41)29(40)28(39)24(18-37)45-32/h9,20-21,23-26,28-30,32,37-41H,8,10-18H2,1-7H3,(H,42,43)/t20-,21-,23+,24-,25-,26+,28-,29+,30-,32-,34-,35-,36+/m1/s1. The van der Waals surface area contributed by atoms with Crippen LogP contribution in [-0.2, 0) is 14.3 Å².